The minimum Gasteiger partial charge on any atom is -0.483 e. The van der Waals surface area contributed by atoms with E-state index in [4.69, 9.17) is 4.74 Å². The maximum atomic E-state index is 12.7. The molecule has 0 aliphatic carbocycles. The summed E-state index contributed by atoms with van der Waals surface area (Å²) in [7, 11) is 0. The molecule has 0 aliphatic rings. The molecule has 1 N–H and O–H groups in total. The van der Waals surface area contributed by atoms with Crippen molar-refractivity contribution in [1.29, 1.82) is 0 Å². The van der Waals surface area contributed by atoms with Crippen LogP contribution in [0.5, 0.6) is 5.75 Å². The third kappa shape index (κ3) is 5.71. The van der Waals surface area contributed by atoms with Gasteiger partial charge in [0.2, 0.25) is 5.91 Å². The van der Waals surface area contributed by atoms with Gasteiger partial charge in [0, 0.05) is 12.2 Å². The fourth-order valence-electron chi connectivity index (χ4n) is 3.59. The molecule has 1 atom stereocenters. The second-order valence-corrected chi connectivity index (χ2v) is 8.60. The number of carbonyl (C=O) groups excluding carboxylic acids is 1. The number of amides is 1. The number of para-hydroxylation sites is 1. The first-order valence-corrected chi connectivity index (χ1v) is 12.1. The summed E-state index contributed by atoms with van der Waals surface area (Å²) in [5, 5.41) is 12.5. The van der Waals surface area contributed by atoms with Crippen molar-refractivity contribution in [2.24, 2.45) is 0 Å². The van der Waals surface area contributed by atoms with Crippen LogP contribution in [0.1, 0.15) is 56.3 Å². The van der Waals surface area contributed by atoms with Gasteiger partial charge in [-0.15, -0.1) is 10.2 Å². The number of benzene rings is 2. The standard InChI is InChI=1S/C25H32N4O2S/c1-6-19-10-9-11-20(7-2)23(19)26-22(30)16-32-25-28-27-24(29(25)8-3)18(5)31-21-14-12-17(4)13-15-21/h9-15,18H,6-8,16H2,1-5H3,(H,26,30). The molecule has 0 aliphatic heterocycles. The van der Waals surface area contributed by atoms with Crippen molar-refractivity contribution in [2.45, 2.75) is 65.3 Å². The molecule has 32 heavy (non-hydrogen) atoms. The summed E-state index contributed by atoms with van der Waals surface area (Å²) in [6, 6.07) is 14.1. The molecule has 170 valence electrons. The summed E-state index contributed by atoms with van der Waals surface area (Å²) in [5.41, 5.74) is 4.44. The highest BCUT2D eigenvalue weighted by atomic mass is 32.2. The summed E-state index contributed by atoms with van der Waals surface area (Å²) < 4.78 is 8.06. The molecule has 7 heteroatoms. The van der Waals surface area contributed by atoms with Crippen LogP contribution in [-0.4, -0.2) is 26.4 Å². The number of hydrogen-bond acceptors (Lipinski definition) is 5. The highest BCUT2D eigenvalue weighted by molar-refractivity contribution is 7.99. The van der Waals surface area contributed by atoms with Crippen molar-refractivity contribution < 1.29 is 9.53 Å². The smallest absolute Gasteiger partial charge is 0.234 e. The molecule has 0 radical (unpaired) electrons. The van der Waals surface area contributed by atoms with Gasteiger partial charge in [-0.25, -0.2) is 0 Å². The zero-order valence-corrected chi connectivity index (χ0v) is 20.3. The van der Waals surface area contributed by atoms with Gasteiger partial charge in [-0.05, 0) is 56.9 Å². The number of rotatable bonds is 10. The topological polar surface area (TPSA) is 69.0 Å². The molecule has 0 spiro atoms. The van der Waals surface area contributed by atoms with Crippen LogP contribution < -0.4 is 10.1 Å². The van der Waals surface area contributed by atoms with E-state index in [2.05, 4.69) is 41.5 Å². The van der Waals surface area contributed by atoms with E-state index in [1.807, 2.05) is 55.7 Å². The third-order valence-electron chi connectivity index (χ3n) is 5.35. The molecule has 0 bridgehead atoms. The summed E-state index contributed by atoms with van der Waals surface area (Å²) in [6.45, 7) is 11.0. The normalized spacial score (nSPS) is 11.9. The summed E-state index contributed by atoms with van der Waals surface area (Å²) in [5.74, 6) is 1.78. The van der Waals surface area contributed by atoms with E-state index >= 15 is 0 Å². The van der Waals surface area contributed by atoms with Gasteiger partial charge in [-0.3, -0.25) is 4.79 Å². The van der Waals surface area contributed by atoms with E-state index in [1.165, 1.54) is 17.3 Å². The molecular formula is C25H32N4O2S. The van der Waals surface area contributed by atoms with E-state index in [9.17, 15) is 4.79 Å². The van der Waals surface area contributed by atoms with Gasteiger partial charge >= 0.3 is 0 Å². The Morgan fingerprint density at radius 2 is 1.72 bits per heavy atom. The lowest BCUT2D eigenvalue weighted by atomic mass is 10.0. The summed E-state index contributed by atoms with van der Waals surface area (Å²) in [4.78, 5) is 12.7. The molecular weight excluding hydrogens is 420 g/mol. The third-order valence-corrected chi connectivity index (χ3v) is 6.32. The van der Waals surface area contributed by atoms with Crippen LogP contribution in [0.25, 0.3) is 0 Å². The predicted octanol–water partition coefficient (Wildman–Crippen LogP) is 5.60. The molecule has 1 aromatic heterocycles. The molecule has 0 fully saturated rings. The second kappa shape index (κ2) is 11.2. The average Bonchev–Trinajstić information content (AvgIpc) is 3.22. The van der Waals surface area contributed by atoms with Gasteiger partial charge in [-0.1, -0.05) is 61.5 Å². The Morgan fingerprint density at radius 1 is 1.06 bits per heavy atom. The molecule has 1 heterocycles. The number of aromatic nitrogens is 3. The molecule has 3 aromatic rings. The molecule has 2 aromatic carbocycles. The van der Waals surface area contributed by atoms with Crippen molar-refractivity contribution in [3.63, 3.8) is 0 Å². The first-order chi connectivity index (χ1) is 15.5. The maximum Gasteiger partial charge on any atom is 0.234 e. The van der Waals surface area contributed by atoms with Crippen molar-refractivity contribution in [3.05, 3.63) is 65.0 Å². The average molecular weight is 453 g/mol. The quantitative estimate of drug-likeness (QED) is 0.405. The number of aryl methyl sites for hydroxylation is 3. The van der Waals surface area contributed by atoms with E-state index in [-0.39, 0.29) is 17.8 Å². The maximum absolute atomic E-state index is 12.7. The summed E-state index contributed by atoms with van der Waals surface area (Å²) in [6.07, 6.45) is 1.50. The van der Waals surface area contributed by atoms with Crippen LogP contribution in [0.15, 0.2) is 47.6 Å². The van der Waals surface area contributed by atoms with Gasteiger partial charge < -0.3 is 14.6 Å². The van der Waals surface area contributed by atoms with Gasteiger partial charge in [0.15, 0.2) is 17.1 Å². The number of hydrogen-bond donors (Lipinski definition) is 1. The van der Waals surface area contributed by atoms with Crippen LogP contribution >= 0.6 is 11.8 Å². The fraction of sp³-hybridized carbons (Fsp3) is 0.400. The van der Waals surface area contributed by atoms with Gasteiger partial charge in [-0.2, -0.15) is 0 Å². The minimum absolute atomic E-state index is 0.0400. The molecule has 1 amide bonds. The molecule has 6 nitrogen and oxygen atoms in total. The number of anilines is 1. The number of nitrogens with one attached hydrogen (secondary N) is 1. The largest absolute Gasteiger partial charge is 0.483 e. The molecule has 0 saturated carbocycles. The van der Waals surface area contributed by atoms with Gasteiger partial charge in [0.1, 0.15) is 5.75 Å². The van der Waals surface area contributed by atoms with E-state index in [0.29, 0.717) is 6.54 Å². The molecule has 1 unspecified atom stereocenters. The van der Waals surface area contributed by atoms with Crippen LogP contribution in [0, 0.1) is 6.92 Å². The Kier molecular flexibility index (Phi) is 8.33. The molecule has 0 saturated heterocycles. The van der Waals surface area contributed by atoms with E-state index in [1.54, 1.807) is 0 Å². The Morgan fingerprint density at radius 3 is 2.31 bits per heavy atom. The van der Waals surface area contributed by atoms with Crippen molar-refractivity contribution in [1.82, 2.24) is 14.8 Å². The highest BCUT2D eigenvalue weighted by Crippen LogP contribution is 2.26. The Labute approximate surface area is 194 Å². The van der Waals surface area contributed by atoms with Crippen LogP contribution in [0.3, 0.4) is 0 Å². The monoisotopic (exact) mass is 452 g/mol. The van der Waals surface area contributed by atoms with E-state index < -0.39 is 0 Å². The fourth-order valence-corrected chi connectivity index (χ4v) is 4.40. The first-order valence-electron chi connectivity index (χ1n) is 11.2. The van der Waals surface area contributed by atoms with Crippen molar-refractivity contribution in [2.75, 3.05) is 11.1 Å². The zero-order valence-electron chi connectivity index (χ0n) is 19.5. The van der Waals surface area contributed by atoms with Crippen molar-refractivity contribution in [3.8, 4) is 5.75 Å². The first kappa shape index (κ1) is 23.9. The Balaban J connectivity index is 1.66. The Hall–Kier alpha value is -2.80. The number of nitrogens with zero attached hydrogens (tertiary/aromatic N) is 3. The SMILES string of the molecule is CCc1cccc(CC)c1NC(=O)CSc1nnc(C(C)Oc2ccc(C)cc2)n1CC. The zero-order chi connectivity index (χ0) is 23.1. The van der Waals surface area contributed by atoms with Crippen molar-refractivity contribution >= 4 is 23.4 Å². The summed E-state index contributed by atoms with van der Waals surface area (Å²) >= 11 is 1.39. The highest BCUT2D eigenvalue weighted by Gasteiger charge is 2.20. The van der Waals surface area contributed by atoms with Crippen LogP contribution in [-0.2, 0) is 24.2 Å². The second-order valence-electron chi connectivity index (χ2n) is 7.65. The number of carbonyl (C=O) groups is 1. The van der Waals surface area contributed by atoms with E-state index in [0.717, 1.165) is 46.4 Å². The van der Waals surface area contributed by atoms with Gasteiger partial charge in [0.25, 0.3) is 0 Å². The Bertz CT molecular complexity index is 1020. The van der Waals surface area contributed by atoms with Crippen LogP contribution in [0.2, 0.25) is 0 Å². The lowest BCUT2D eigenvalue weighted by molar-refractivity contribution is -0.113. The minimum atomic E-state index is -0.253. The van der Waals surface area contributed by atoms with Crippen LogP contribution in [0.4, 0.5) is 5.69 Å². The number of ether oxygens (including phenoxy) is 1. The lowest BCUT2D eigenvalue weighted by Gasteiger charge is -2.16. The number of thioether (sulfide) groups is 1. The predicted molar refractivity (Wildman–Crippen MR) is 130 cm³/mol. The van der Waals surface area contributed by atoms with Gasteiger partial charge in [0.05, 0.1) is 5.75 Å². The molecule has 3 rings (SSSR count). The lowest BCUT2D eigenvalue weighted by Crippen LogP contribution is -2.17.